The summed E-state index contributed by atoms with van der Waals surface area (Å²) < 4.78 is 15.4. The van der Waals surface area contributed by atoms with E-state index in [1.54, 1.807) is 31.4 Å². The van der Waals surface area contributed by atoms with Crippen molar-refractivity contribution >= 4 is 17.7 Å². The van der Waals surface area contributed by atoms with E-state index >= 15 is 0 Å². The molecule has 4 aliphatic carbocycles. The average molecular weight is 370 g/mol. The Kier molecular flexibility index (Phi) is 4.50. The Morgan fingerprint density at radius 3 is 2.07 bits per heavy atom. The quantitative estimate of drug-likeness (QED) is 0.434. The van der Waals surface area contributed by atoms with E-state index in [1.807, 2.05) is 12.2 Å². The first-order valence-electron chi connectivity index (χ1n) is 9.15. The lowest BCUT2D eigenvalue weighted by molar-refractivity contribution is -0.165. The molecule has 0 radical (unpaired) electrons. The van der Waals surface area contributed by atoms with Crippen LogP contribution in [0.4, 0.5) is 0 Å². The van der Waals surface area contributed by atoms with Crippen LogP contribution in [-0.2, 0) is 19.1 Å². The molecule has 2 saturated carbocycles. The third-order valence-electron chi connectivity index (χ3n) is 6.15. The Labute approximate surface area is 157 Å². The predicted octanol–water partition coefficient (Wildman–Crippen LogP) is 2.28. The van der Waals surface area contributed by atoms with Gasteiger partial charge in [-0.25, -0.2) is 0 Å². The highest BCUT2D eigenvalue weighted by atomic mass is 16.5. The number of hydrogen-bond donors (Lipinski definition) is 0. The largest absolute Gasteiger partial charge is 0.497 e. The van der Waals surface area contributed by atoms with Crippen molar-refractivity contribution in [3.63, 3.8) is 0 Å². The number of ether oxygens (including phenoxy) is 3. The Bertz CT molecular complexity index is 795. The third-order valence-corrected chi connectivity index (χ3v) is 6.15. The number of ketones is 1. The number of rotatable bonds is 6. The number of fused-ring (bicyclic) bond motifs is 1. The summed E-state index contributed by atoms with van der Waals surface area (Å²) in [5.41, 5.74) is 0.445. The van der Waals surface area contributed by atoms with Gasteiger partial charge in [0.25, 0.3) is 0 Å². The normalized spacial score (nSPS) is 32.4. The summed E-state index contributed by atoms with van der Waals surface area (Å²) >= 11 is 0. The molecule has 0 N–H and O–H groups in total. The maximum atomic E-state index is 12.8. The minimum Gasteiger partial charge on any atom is -0.497 e. The summed E-state index contributed by atoms with van der Waals surface area (Å²) in [6.07, 6.45) is 5.12. The minimum atomic E-state index is -0.570. The zero-order chi connectivity index (χ0) is 19.1. The Balaban J connectivity index is 1.44. The highest BCUT2D eigenvalue weighted by molar-refractivity contribution is 5.98. The molecule has 0 aliphatic heterocycles. The second-order valence-corrected chi connectivity index (χ2v) is 7.44. The van der Waals surface area contributed by atoms with Gasteiger partial charge in [-0.3, -0.25) is 14.4 Å². The number of Topliss-reactive ketones (excluding diaryl/α,β-unsaturated/α-hetero) is 1. The highest BCUT2D eigenvalue weighted by Gasteiger charge is 2.63. The smallest absolute Gasteiger partial charge is 0.310 e. The number of methoxy groups -OCH3 is 2. The van der Waals surface area contributed by atoms with Crippen LogP contribution in [0.3, 0.4) is 0 Å². The number of carbonyl (C=O) groups is 3. The van der Waals surface area contributed by atoms with Gasteiger partial charge in [-0.1, -0.05) is 12.2 Å². The van der Waals surface area contributed by atoms with Crippen LogP contribution < -0.4 is 4.74 Å². The second kappa shape index (κ2) is 6.83. The summed E-state index contributed by atoms with van der Waals surface area (Å²) in [7, 11) is 2.89. The fourth-order valence-corrected chi connectivity index (χ4v) is 4.75. The fourth-order valence-electron chi connectivity index (χ4n) is 4.75. The Hall–Kier alpha value is -2.63. The molecule has 4 aliphatic rings. The van der Waals surface area contributed by atoms with Gasteiger partial charge in [0.15, 0.2) is 12.4 Å². The molecule has 0 heterocycles. The van der Waals surface area contributed by atoms with Gasteiger partial charge in [-0.15, -0.1) is 0 Å². The molecule has 6 heteroatoms. The SMILES string of the molecule is COC(=O)[C@@H]1[C@H]2C=C[C@@H]([C@@H]3C[C@@H]23)[C@@H]1C(=O)OCC(=O)c1ccc(OC)cc1. The summed E-state index contributed by atoms with van der Waals surface area (Å²) in [6, 6.07) is 6.62. The molecule has 6 atom stereocenters. The maximum absolute atomic E-state index is 12.8. The van der Waals surface area contributed by atoms with Crippen LogP contribution >= 0.6 is 0 Å². The summed E-state index contributed by atoms with van der Waals surface area (Å²) in [5, 5.41) is 0. The summed E-state index contributed by atoms with van der Waals surface area (Å²) in [4.78, 5) is 37.4. The molecule has 2 bridgehead atoms. The van der Waals surface area contributed by atoms with E-state index < -0.39 is 17.8 Å². The van der Waals surface area contributed by atoms with Gasteiger partial charge < -0.3 is 14.2 Å². The van der Waals surface area contributed by atoms with Crippen molar-refractivity contribution in [2.75, 3.05) is 20.8 Å². The molecule has 1 aromatic rings. The zero-order valence-corrected chi connectivity index (χ0v) is 15.3. The second-order valence-electron chi connectivity index (χ2n) is 7.44. The van der Waals surface area contributed by atoms with Gasteiger partial charge >= 0.3 is 11.9 Å². The standard InChI is InChI=1S/C21H22O6/c1-25-12-5-3-11(4-6-12)17(22)10-27-21(24)19-14-8-7-13(15-9-16(14)15)18(19)20(23)26-2/h3-8,13-16,18-19H,9-10H2,1-2H3/t13-,14-,15-,16-,18+,19-/m0/s1. The number of allylic oxidation sites excluding steroid dienone is 2. The maximum Gasteiger partial charge on any atom is 0.310 e. The Morgan fingerprint density at radius 2 is 1.52 bits per heavy atom. The zero-order valence-electron chi connectivity index (χ0n) is 15.3. The molecule has 0 aromatic heterocycles. The van der Waals surface area contributed by atoms with Crippen molar-refractivity contribution < 1.29 is 28.6 Å². The molecule has 0 amide bonds. The monoisotopic (exact) mass is 370 g/mol. The van der Waals surface area contributed by atoms with E-state index in [1.165, 1.54) is 7.11 Å². The third kappa shape index (κ3) is 3.03. The van der Waals surface area contributed by atoms with Crippen LogP contribution in [-0.4, -0.2) is 38.5 Å². The first kappa shape index (κ1) is 17.8. The first-order chi connectivity index (χ1) is 13.0. The molecular formula is C21H22O6. The van der Waals surface area contributed by atoms with E-state index in [2.05, 4.69) is 0 Å². The van der Waals surface area contributed by atoms with E-state index in [4.69, 9.17) is 14.2 Å². The molecular weight excluding hydrogens is 348 g/mol. The van der Waals surface area contributed by atoms with Crippen LogP contribution in [0.25, 0.3) is 0 Å². The summed E-state index contributed by atoms with van der Waals surface area (Å²) in [5.74, 6) is -0.660. The molecule has 2 fully saturated rings. The molecule has 0 unspecified atom stereocenters. The lowest BCUT2D eigenvalue weighted by atomic mass is 9.62. The van der Waals surface area contributed by atoms with Crippen molar-refractivity contribution in [3.05, 3.63) is 42.0 Å². The number of benzene rings is 1. The van der Waals surface area contributed by atoms with Crippen molar-refractivity contribution in [1.82, 2.24) is 0 Å². The molecule has 0 saturated heterocycles. The fraction of sp³-hybridized carbons (Fsp3) is 0.476. The molecule has 0 spiro atoms. The molecule has 6 nitrogen and oxygen atoms in total. The highest BCUT2D eigenvalue weighted by Crippen LogP contribution is 2.63. The minimum absolute atomic E-state index is 0.00677. The van der Waals surface area contributed by atoms with Gasteiger partial charge in [0, 0.05) is 5.56 Å². The lowest BCUT2D eigenvalue weighted by Crippen LogP contribution is -2.47. The lowest BCUT2D eigenvalue weighted by Gasteiger charge is -2.41. The number of hydrogen-bond acceptors (Lipinski definition) is 6. The van der Waals surface area contributed by atoms with Crippen molar-refractivity contribution in [1.29, 1.82) is 0 Å². The van der Waals surface area contributed by atoms with Crippen molar-refractivity contribution in [3.8, 4) is 5.75 Å². The van der Waals surface area contributed by atoms with Gasteiger partial charge in [-0.05, 0) is 54.4 Å². The average Bonchev–Trinajstić information content (AvgIpc) is 3.53. The van der Waals surface area contributed by atoms with Gasteiger partial charge in [0.2, 0.25) is 0 Å². The van der Waals surface area contributed by atoms with Gasteiger partial charge in [0.1, 0.15) is 5.75 Å². The van der Waals surface area contributed by atoms with Crippen LogP contribution in [0.2, 0.25) is 0 Å². The molecule has 1 aromatic carbocycles. The molecule has 5 rings (SSSR count). The van der Waals surface area contributed by atoms with Crippen molar-refractivity contribution in [2.24, 2.45) is 35.5 Å². The number of esters is 2. The van der Waals surface area contributed by atoms with E-state index in [0.29, 0.717) is 23.1 Å². The van der Waals surface area contributed by atoms with Crippen LogP contribution in [0.15, 0.2) is 36.4 Å². The van der Waals surface area contributed by atoms with Gasteiger partial charge in [-0.2, -0.15) is 0 Å². The van der Waals surface area contributed by atoms with Crippen molar-refractivity contribution in [2.45, 2.75) is 6.42 Å². The van der Waals surface area contributed by atoms with E-state index in [9.17, 15) is 14.4 Å². The number of carbonyl (C=O) groups excluding carboxylic acids is 3. The molecule has 27 heavy (non-hydrogen) atoms. The van der Waals surface area contributed by atoms with E-state index in [0.717, 1.165) is 6.42 Å². The predicted molar refractivity (Wildman–Crippen MR) is 95.0 cm³/mol. The van der Waals surface area contributed by atoms with E-state index in [-0.39, 0.29) is 30.2 Å². The Morgan fingerprint density at radius 1 is 0.926 bits per heavy atom. The van der Waals surface area contributed by atoms with Gasteiger partial charge in [0.05, 0.1) is 26.1 Å². The first-order valence-corrected chi connectivity index (χ1v) is 9.15. The van der Waals surface area contributed by atoms with Crippen LogP contribution in [0, 0.1) is 35.5 Å². The topological polar surface area (TPSA) is 78.9 Å². The van der Waals surface area contributed by atoms with Crippen LogP contribution in [0.1, 0.15) is 16.8 Å². The summed E-state index contributed by atoms with van der Waals surface area (Å²) in [6.45, 7) is -0.343. The van der Waals surface area contributed by atoms with Crippen LogP contribution in [0.5, 0.6) is 5.75 Å². The molecule has 142 valence electrons.